The van der Waals surface area contributed by atoms with Crippen molar-refractivity contribution in [1.29, 1.82) is 0 Å². The Hall–Kier alpha value is -1.75. The van der Waals surface area contributed by atoms with E-state index in [0.29, 0.717) is 11.3 Å². The third-order valence-electron chi connectivity index (χ3n) is 1.75. The summed E-state index contributed by atoms with van der Waals surface area (Å²) in [6, 6.07) is 0. The van der Waals surface area contributed by atoms with Crippen LogP contribution >= 0.6 is 0 Å². The Balaban J connectivity index is 4.79. The number of amides is 1. The highest BCUT2D eigenvalue weighted by atomic mass is 16.1. The number of nitrogens with one attached hydrogen (secondary N) is 1. The molecule has 0 atom stereocenters. The summed E-state index contributed by atoms with van der Waals surface area (Å²) in [4.78, 5) is 11.5. The van der Waals surface area contributed by atoms with E-state index in [1.165, 1.54) is 0 Å². The Morgan fingerprint density at radius 2 is 2.06 bits per heavy atom. The first kappa shape index (κ1) is 14.2. The Morgan fingerprint density at radius 3 is 2.50 bits per heavy atom. The highest BCUT2D eigenvalue weighted by Crippen LogP contribution is 2.01. The Morgan fingerprint density at radius 1 is 1.44 bits per heavy atom. The summed E-state index contributed by atoms with van der Waals surface area (Å²) in [6.07, 6.45) is 5.44. The molecule has 2 heteroatoms. The Kier molecular flexibility index (Phi) is 6.71. The number of hydrogen-bond acceptors (Lipinski definition) is 1. The molecular weight excluding hydrogens is 198 g/mol. The molecule has 0 rings (SSSR count). The summed E-state index contributed by atoms with van der Waals surface area (Å²) in [5.41, 5.74) is 1.40. The second-order valence-corrected chi connectivity index (χ2v) is 3.64. The van der Waals surface area contributed by atoms with Gasteiger partial charge in [-0.05, 0) is 26.0 Å². The normalized spacial score (nSPS) is 11.2. The summed E-state index contributed by atoms with van der Waals surface area (Å²) >= 11 is 0. The van der Waals surface area contributed by atoms with Gasteiger partial charge >= 0.3 is 0 Å². The van der Waals surface area contributed by atoms with Gasteiger partial charge in [-0.1, -0.05) is 32.4 Å². The zero-order chi connectivity index (χ0) is 12.6. The lowest BCUT2D eigenvalue weighted by atomic mass is 10.2. The van der Waals surface area contributed by atoms with Gasteiger partial charge in [0.2, 0.25) is 5.91 Å². The number of allylic oxidation sites excluding steroid dienone is 4. The molecule has 0 bridgehead atoms. The van der Waals surface area contributed by atoms with Crippen molar-refractivity contribution in [3.05, 3.63) is 36.1 Å². The van der Waals surface area contributed by atoms with E-state index in [1.54, 1.807) is 13.0 Å². The van der Waals surface area contributed by atoms with Crippen molar-refractivity contribution in [3.63, 3.8) is 0 Å². The average Bonchev–Trinajstić information content (AvgIpc) is 2.17. The Labute approximate surface area is 98.1 Å². The zero-order valence-corrected chi connectivity index (χ0v) is 10.4. The number of hydrogen-bond donors (Lipinski definition) is 1. The summed E-state index contributed by atoms with van der Waals surface area (Å²) < 4.78 is 0. The maximum atomic E-state index is 11.5. The molecule has 0 saturated carbocycles. The third kappa shape index (κ3) is 5.87. The van der Waals surface area contributed by atoms with Gasteiger partial charge in [0.25, 0.3) is 0 Å². The maximum absolute atomic E-state index is 11.5. The van der Waals surface area contributed by atoms with Crippen molar-refractivity contribution >= 4 is 5.91 Å². The fourth-order valence-electron chi connectivity index (χ4n) is 0.976. The molecule has 0 saturated heterocycles. The van der Waals surface area contributed by atoms with Crippen molar-refractivity contribution in [3.8, 4) is 11.8 Å². The molecule has 0 spiro atoms. The van der Waals surface area contributed by atoms with Crippen molar-refractivity contribution in [1.82, 2.24) is 5.32 Å². The van der Waals surface area contributed by atoms with E-state index in [0.717, 1.165) is 0 Å². The van der Waals surface area contributed by atoms with E-state index in [9.17, 15) is 4.79 Å². The van der Waals surface area contributed by atoms with E-state index < -0.39 is 0 Å². The molecule has 0 fully saturated rings. The average molecular weight is 217 g/mol. The second kappa shape index (κ2) is 7.53. The SMILES string of the molecule is C=C(C#CC)/C=C(\C=C/C)NC(=O)C(C)C. The van der Waals surface area contributed by atoms with E-state index >= 15 is 0 Å². The van der Waals surface area contributed by atoms with Crippen molar-refractivity contribution in [2.24, 2.45) is 5.92 Å². The van der Waals surface area contributed by atoms with Crippen LogP contribution in [0.5, 0.6) is 0 Å². The van der Waals surface area contributed by atoms with Crippen LogP contribution in [0.4, 0.5) is 0 Å². The van der Waals surface area contributed by atoms with Crippen LogP contribution in [0.1, 0.15) is 27.7 Å². The van der Waals surface area contributed by atoms with Crippen LogP contribution in [-0.4, -0.2) is 5.91 Å². The van der Waals surface area contributed by atoms with Crippen LogP contribution in [0.3, 0.4) is 0 Å². The topological polar surface area (TPSA) is 29.1 Å². The first-order valence-electron chi connectivity index (χ1n) is 5.28. The van der Waals surface area contributed by atoms with Crippen LogP contribution < -0.4 is 5.32 Å². The van der Waals surface area contributed by atoms with Crippen LogP contribution in [0.25, 0.3) is 0 Å². The molecule has 0 aliphatic rings. The molecule has 0 aromatic rings. The second-order valence-electron chi connectivity index (χ2n) is 3.64. The lowest BCUT2D eigenvalue weighted by Gasteiger charge is -2.08. The third-order valence-corrected chi connectivity index (χ3v) is 1.75. The Bertz CT molecular complexity index is 375. The van der Waals surface area contributed by atoms with Crippen LogP contribution in [-0.2, 0) is 4.79 Å². The van der Waals surface area contributed by atoms with Gasteiger partial charge in [0.15, 0.2) is 0 Å². The molecule has 0 aromatic carbocycles. The van der Waals surface area contributed by atoms with Crippen LogP contribution in [0.2, 0.25) is 0 Å². The van der Waals surface area contributed by atoms with Crippen LogP contribution in [0.15, 0.2) is 36.1 Å². The van der Waals surface area contributed by atoms with Crippen molar-refractivity contribution in [2.75, 3.05) is 0 Å². The first-order chi connectivity index (χ1) is 7.51. The molecule has 0 aromatic heterocycles. The summed E-state index contributed by atoms with van der Waals surface area (Å²) in [5, 5.41) is 2.81. The highest BCUT2D eigenvalue weighted by molar-refractivity contribution is 5.80. The number of carbonyl (C=O) groups is 1. The predicted molar refractivity (Wildman–Crippen MR) is 68.5 cm³/mol. The predicted octanol–water partition coefficient (Wildman–Crippen LogP) is 2.80. The quantitative estimate of drug-likeness (QED) is 0.569. The minimum absolute atomic E-state index is 0.0124. The molecule has 0 unspecified atom stereocenters. The molecule has 0 heterocycles. The fourth-order valence-corrected chi connectivity index (χ4v) is 0.976. The van der Waals surface area contributed by atoms with E-state index in [4.69, 9.17) is 0 Å². The molecule has 1 amide bonds. The van der Waals surface area contributed by atoms with Gasteiger partial charge in [-0.2, -0.15) is 0 Å². The molecule has 2 nitrogen and oxygen atoms in total. The molecule has 0 aliphatic heterocycles. The lowest BCUT2D eigenvalue weighted by Crippen LogP contribution is -2.26. The van der Waals surface area contributed by atoms with Gasteiger partial charge < -0.3 is 5.32 Å². The highest BCUT2D eigenvalue weighted by Gasteiger charge is 2.06. The van der Waals surface area contributed by atoms with Gasteiger partial charge in [0.05, 0.1) is 0 Å². The smallest absolute Gasteiger partial charge is 0.226 e. The zero-order valence-electron chi connectivity index (χ0n) is 10.4. The van der Waals surface area contributed by atoms with Gasteiger partial charge in [-0.3, -0.25) is 4.79 Å². The number of rotatable bonds is 4. The number of carbonyl (C=O) groups excluding carboxylic acids is 1. The van der Waals surface area contributed by atoms with Crippen molar-refractivity contribution < 1.29 is 4.79 Å². The van der Waals surface area contributed by atoms with Gasteiger partial charge in [0, 0.05) is 17.2 Å². The van der Waals surface area contributed by atoms with Crippen molar-refractivity contribution in [2.45, 2.75) is 27.7 Å². The summed E-state index contributed by atoms with van der Waals surface area (Å²) in [5.74, 6) is 5.54. The van der Waals surface area contributed by atoms with E-state index in [1.807, 2.05) is 32.9 Å². The largest absolute Gasteiger partial charge is 0.326 e. The maximum Gasteiger partial charge on any atom is 0.226 e. The molecule has 0 radical (unpaired) electrons. The van der Waals surface area contributed by atoms with E-state index in [-0.39, 0.29) is 11.8 Å². The first-order valence-corrected chi connectivity index (χ1v) is 5.28. The standard InChI is InChI=1S/C14H19NO/c1-6-8-12(5)10-13(9-7-2)15-14(16)11(3)4/h7,9-11H,5H2,1-4H3,(H,15,16)/b9-7-,13-10+. The van der Waals surface area contributed by atoms with Gasteiger partial charge in [0.1, 0.15) is 0 Å². The van der Waals surface area contributed by atoms with Crippen LogP contribution in [0, 0.1) is 17.8 Å². The minimum atomic E-state index is -0.0424. The molecule has 0 aliphatic carbocycles. The van der Waals surface area contributed by atoms with Gasteiger partial charge in [-0.15, -0.1) is 5.92 Å². The molecule has 86 valence electrons. The summed E-state index contributed by atoms with van der Waals surface area (Å²) in [6.45, 7) is 11.1. The molecular formula is C14H19NO. The summed E-state index contributed by atoms with van der Waals surface area (Å²) in [7, 11) is 0. The monoisotopic (exact) mass is 217 g/mol. The minimum Gasteiger partial charge on any atom is -0.326 e. The van der Waals surface area contributed by atoms with Gasteiger partial charge in [-0.25, -0.2) is 0 Å². The molecule has 1 N–H and O–H groups in total. The molecule has 16 heavy (non-hydrogen) atoms. The lowest BCUT2D eigenvalue weighted by molar-refractivity contribution is -0.123. The fraction of sp³-hybridized carbons (Fsp3) is 0.357. The van der Waals surface area contributed by atoms with E-state index in [2.05, 4.69) is 23.7 Å².